The Kier molecular flexibility index (Phi) is 4.91. The Morgan fingerprint density at radius 2 is 2.05 bits per heavy atom. The first kappa shape index (κ1) is 15.0. The van der Waals surface area contributed by atoms with Gasteiger partial charge in [0.25, 0.3) is 0 Å². The molecule has 0 aromatic heterocycles. The van der Waals surface area contributed by atoms with E-state index < -0.39 is 0 Å². The highest BCUT2D eigenvalue weighted by molar-refractivity contribution is 5.39. The van der Waals surface area contributed by atoms with E-state index >= 15 is 0 Å². The van der Waals surface area contributed by atoms with Crippen LogP contribution in [0.5, 0.6) is 5.75 Å². The maximum Gasteiger partial charge on any atom is 0.124 e. The highest BCUT2D eigenvalue weighted by Gasteiger charge is 2.11. The van der Waals surface area contributed by atoms with Crippen LogP contribution < -0.4 is 10.5 Å². The summed E-state index contributed by atoms with van der Waals surface area (Å²) in [4.78, 5) is 0. The topological polar surface area (TPSA) is 59.0 Å². The molecule has 0 spiro atoms. The largest absolute Gasteiger partial charge is 0.489 e. The molecule has 21 heavy (non-hydrogen) atoms. The Morgan fingerprint density at radius 3 is 2.76 bits per heavy atom. The van der Waals surface area contributed by atoms with Gasteiger partial charge in [-0.1, -0.05) is 25.1 Å². The van der Waals surface area contributed by atoms with Crippen molar-refractivity contribution in [3.63, 3.8) is 0 Å². The zero-order chi connectivity index (χ0) is 15.2. The van der Waals surface area contributed by atoms with E-state index in [4.69, 9.17) is 15.7 Å². The van der Waals surface area contributed by atoms with Crippen molar-refractivity contribution in [1.29, 1.82) is 5.26 Å². The summed E-state index contributed by atoms with van der Waals surface area (Å²) in [5, 5.41) is 9.04. The number of nitrogens with two attached hydrogens (primary N) is 1. The number of ether oxygens (including phenoxy) is 1. The van der Waals surface area contributed by atoms with Gasteiger partial charge in [-0.15, -0.1) is 0 Å². The number of hydrogen-bond donors (Lipinski definition) is 1. The molecule has 1 atom stereocenters. The van der Waals surface area contributed by atoms with Crippen LogP contribution in [0.3, 0.4) is 0 Å². The van der Waals surface area contributed by atoms with Crippen LogP contribution in [0.4, 0.5) is 4.39 Å². The van der Waals surface area contributed by atoms with E-state index in [1.165, 1.54) is 18.2 Å². The molecule has 0 bridgehead atoms. The monoisotopic (exact) mass is 284 g/mol. The van der Waals surface area contributed by atoms with Crippen LogP contribution in [0, 0.1) is 17.1 Å². The Morgan fingerprint density at radius 1 is 1.29 bits per heavy atom. The first-order valence-electron chi connectivity index (χ1n) is 6.81. The van der Waals surface area contributed by atoms with Gasteiger partial charge in [0, 0.05) is 17.2 Å². The fourth-order valence-electron chi connectivity index (χ4n) is 2.08. The number of rotatable bonds is 5. The fraction of sp³-hybridized carbons (Fsp3) is 0.235. The molecule has 0 radical (unpaired) electrons. The van der Waals surface area contributed by atoms with Crippen molar-refractivity contribution in [3.05, 3.63) is 65.0 Å². The van der Waals surface area contributed by atoms with Gasteiger partial charge in [-0.2, -0.15) is 5.26 Å². The molecule has 0 aliphatic carbocycles. The maximum absolute atomic E-state index is 13.3. The van der Waals surface area contributed by atoms with Gasteiger partial charge in [-0.25, -0.2) is 4.39 Å². The summed E-state index contributed by atoms with van der Waals surface area (Å²) in [6, 6.07) is 13.5. The summed E-state index contributed by atoms with van der Waals surface area (Å²) in [5.74, 6) is 0.283. The molecule has 4 heteroatoms. The summed E-state index contributed by atoms with van der Waals surface area (Å²) >= 11 is 0. The zero-order valence-electron chi connectivity index (χ0n) is 11.8. The van der Waals surface area contributed by atoms with Crippen molar-refractivity contribution in [1.82, 2.24) is 0 Å². The van der Waals surface area contributed by atoms with Crippen LogP contribution >= 0.6 is 0 Å². The SMILES string of the molecule is CC[C@@H](N)c1ccccc1OCc1cc(F)ccc1C#N. The minimum atomic E-state index is -0.383. The lowest BCUT2D eigenvalue weighted by atomic mass is 10.0. The Balaban J connectivity index is 2.21. The lowest BCUT2D eigenvalue weighted by Crippen LogP contribution is -2.11. The van der Waals surface area contributed by atoms with Crippen LogP contribution in [-0.2, 0) is 6.61 Å². The molecule has 0 amide bonds. The second-order valence-electron chi connectivity index (χ2n) is 4.75. The minimum Gasteiger partial charge on any atom is -0.489 e. The molecular weight excluding hydrogens is 267 g/mol. The molecule has 0 heterocycles. The van der Waals surface area contributed by atoms with Gasteiger partial charge in [-0.05, 0) is 30.7 Å². The van der Waals surface area contributed by atoms with Gasteiger partial charge in [0.05, 0.1) is 11.6 Å². The predicted octanol–water partition coefficient (Wildman–Crippen LogP) is 3.69. The lowest BCUT2D eigenvalue weighted by molar-refractivity contribution is 0.300. The van der Waals surface area contributed by atoms with Gasteiger partial charge in [0.1, 0.15) is 18.2 Å². The van der Waals surface area contributed by atoms with E-state index in [-0.39, 0.29) is 18.5 Å². The molecule has 0 aliphatic rings. The van der Waals surface area contributed by atoms with Gasteiger partial charge < -0.3 is 10.5 Å². The zero-order valence-corrected chi connectivity index (χ0v) is 11.8. The highest BCUT2D eigenvalue weighted by atomic mass is 19.1. The Bertz CT molecular complexity index is 664. The second-order valence-corrected chi connectivity index (χ2v) is 4.75. The third-order valence-electron chi connectivity index (χ3n) is 3.33. The molecular formula is C17H17FN2O. The van der Waals surface area contributed by atoms with E-state index in [0.717, 1.165) is 12.0 Å². The van der Waals surface area contributed by atoms with Crippen LogP contribution in [0.1, 0.15) is 36.1 Å². The molecule has 3 nitrogen and oxygen atoms in total. The standard InChI is InChI=1S/C17H17FN2O/c1-2-16(20)15-5-3-4-6-17(15)21-11-13-9-14(18)8-7-12(13)10-19/h3-9,16H,2,11,20H2,1H3/t16-/m1/s1. The average molecular weight is 284 g/mol. The van der Waals surface area contributed by atoms with E-state index in [0.29, 0.717) is 16.9 Å². The third-order valence-corrected chi connectivity index (χ3v) is 3.33. The summed E-state index contributed by atoms with van der Waals surface area (Å²) in [6.45, 7) is 2.13. The van der Waals surface area contributed by atoms with Gasteiger partial charge in [0.15, 0.2) is 0 Å². The van der Waals surface area contributed by atoms with Crippen molar-refractivity contribution < 1.29 is 9.13 Å². The molecule has 0 saturated heterocycles. The predicted molar refractivity (Wildman–Crippen MR) is 79.1 cm³/mol. The first-order valence-corrected chi connectivity index (χ1v) is 6.81. The van der Waals surface area contributed by atoms with Crippen LogP contribution in [-0.4, -0.2) is 0 Å². The van der Waals surface area contributed by atoms with E-state index in [9.17, 15) is 4.39 Å². The number of halogens is 1. The summed E-state index contributed by atoms with van der Waals surface area (Å²) in [7, 11) is 0. The fourth-order valence-corrected chi connectivity index (χ4v) is 2.08. The number of nitriles is 1. The molecule has 0 unspecified atom stereocenters. The summed E-state index contributed by atoms with van der Waals surface area (Å²) in [5.41, 5.74) is 7.90. The number of benzene rings is 2. The van der Waals surface area contributed by atoms with Crippen molar-refractivity contribution in [2.24, 2.45) is 5.73 Å². The van der Waals surface area contributed by atoms with Crippen molar-refractivity contribution in [2.75, 3.05) is 0 Å². The van der Waals surface area contributed by atoms with Gasteiger partial charge >= 0.3 is 0 Å². The normalized spacial score (nSPS) is 11.7. The van der Waals surface area contributed by atoms with Crippen molar-refractivity contribution >= 4 is 0 Å². The number of nitrogens with zero attached hydrogens (tertiary/aromatic N) is 1. The molecule has 0 fully saturated rings. The highest BCUT2D eigenvalue weighted by Crippen LogP contribution is 2.26. The number of hydrogen-bond acceptors (Lipinski definition) is 3. The smallest absolute Gasteiger partial charge is 0.124 e. The van der Waals surface area contributed by atoms with E-state index in [1.807, 2.05) is 37.3 Å². The lowest BCUT2D eigenvalue weighted by Gasteiger charge is -2.16. The quantitative estimate of drug-likeness (QED) is 0.911. The van der Waals surface area contributed by atoms with Gasteiger partial charge in [0.2, 0.25) is 0 Å². The first-order chi connectivity index (χ1) is 10.2. The Hall–Kier alpha value is -2.38. The third kappa shape index (κ3) is 3.59. The molecule has 108 valence electrons. The van der Waals surface area contributed by atoms with E-state index in [2.05, 4.69) is 0 Å². The minimum absolute atomic E-state index is 0.107. The van der Waals surface area contributed by atoms with Crippen LogP contribution in [0.2, 0.25) is 0 Å². The van der Waals surface area contributed by atoms with Crippen LogP contribution in [0.15, 0.2) is 42.5 Å². The summed E-state index contributed by atoms with van der Waals surface area (Å²) < 4.78 is 19.0. The van der Waals surface area contributed by atoms with Gasteiger partial charge in [-0.3, -0.25) is 0 Å². The number of para-hydroxylation sites is 1. The molecule has 0 saturated carbocycles. The van der Waals surface area contributed by atoms with Crippen molar-refractivity contribution in [2.45, 2.75) is 26.0 Å². The molecule has 2 N–H and O–H groups in total. The Labute approximate surface area is 123 Å². The average Bonchev–Trinajstić information content (AvgIpc) is 2.52. The molecule has 2 aromatic rings. The second kappa shape index (κ2) is 6.87. The molecule has 2 rings (SSSR count). The maximum atomic E-state index is 13.3. The summed E-state index contributed by atoms with van der Waals surface area (Å²) in [6.07, 6.45) is 0.795. The van der Waals surface area contributed by atoms with E-state index in [1.54, 1.807) is 0 Å². The molecule has 2 aromatic carbocycles. The molecule has 0 aliphatic heterocycles. The van der Waals surface area contributed by atoms with Crippen LogP contribution in [0.25, 0.3) is 0 Å². The van der Waals surface area contributed by atoms with Crippen molar-refractivity contribution in [3.8, 4) is 11.8 Å².